The van der Waals surface area contributed by atoms with Gasteiger partial charge in [-0.2, -0.15) is 0 Å². The average Bonchev–Trinajstić information content (AvgIpc) is 2.60. The smallest absolute Gasteiger partial charge is 0.262 e. The quantitative estimate of drug-likeness (QED) is 0.861. The number of anilines is 1. The Hall–Kier alpha value is -2.82. The van der Waals surface area contributed by atoms with Gasteiger partial charge >= 0.3 is 0 Å². The maximum absolute atomic E-state index is 12.0. The molecule has 0 unspecified atom stereocenters. The van der Waals surface area contributed by atoms with Crippen molar-refractivity contribution in [2.24, 2.45) is 0 Å². The molecule has 23 heavy (non-hydrogen) atoms. The number of carbonyl (C=O) groups excluding carboxylic acids is 2. The summed E-state index contributed by atoms with van der Waals surface area (Å²) < 4.78 is 5.45. The minimum atomic E-state index is -0.319. The van der Waals surface area contributed by atoms with E-state index >= 15 is 0 Å². The van der Waals surface area contributed by atoms with E-state index in [0.717, 1.165) is 6.42 Å². The summed E-state index contributed by atoms with van der Waals surface area (Å²) in [6, 6.07) is 14.4. The lowest BCUT2D eigenvalue weighted by Gasteiger charge is -2.11. The monoisotopic (exact) mass is 312 g/mol. The Bertz CT molecular complexity index is 681. The van der Waals surface area contributed by atoms with Gasteiger partial charge in [-0.1, -0.05) is 31.2 Å². The Kier molecular flexibility index (Phi) is 5.74. The molecule has 0 saturated carbocycles. The zero-order valence-electron chi connectivity index (χ0n) is 13.3. The van der Waals surface area contributed by atoms with E-state index in [4.69, 9.17) is 4.74 Å². The lowest BCUT2D eigenvalue weighted by atomic mass is 10.1. The Labute approximate surface area is 135 Å². The van der Waals surface area contributed by atoms with Crippen LogP contribution in [0, 0.1) is 0 Å². The lowest BCUT2D eigenvalue weighted by Crippen LogP contribution is -2.24. The maximum atomic E-state index is 12.0. The molecule has 0 aliphatic carbocycles. The van der Waals surface area contributed by atoms with Crippen molar-refractivity contribution >= 4 is 17.5 Å². The zero-order chi connectivity index (χ0) is 16.7. The van der Waals surface area contributed by atoms with Crippen LogP contribution in [0.4, 0.5) is 5.69 Å². The first-order valence-corrected chi connectivity index (χ1v) is 7.46. The summed E-state index contributed by atoms with van der Waals surface area (Å²) >= 11 is 0. The number of carbonyl (C=O) groups is 2. The number of ether oxygens (including phenoxy) is 1. The Morgan fingerprint density at radius 2 is 1.74 bits per heavy atom. The standard InChI is InChI=1S/C18H20N2O3/c1-3-13-8-10-14(11-9-13)23-12-17(21)20-16-7-5-4-6-15(16)18(22)19-2/h4-11H,3,12H2,1-2H3,(H,19,22)(H,20,21). The molecule has 5 heteroatoms. The van der Waals surface area contributed by atoms with Crippen LogP contribution in [0.15, 0.2) is 48.5 Å². The summed E-state index contributed by atoms with van der Waals surface area (Å²) in [5, 5.41) is 5.24. The highest BCUT2D eigenvalue weighted by Gasteiger charge is 2.12. The van der Waals surface area contributed by atoms with Gasteiger partial charge in [-0.15, -0.1) is 0 Å². The number of rotatable bonds is 6. The molecule has 0 radical (unpaired) electrons. The molecule has 0 aromatic heterocycles. The molecule has 120 valence electrons. The first-order chi connectivity index (χ1) is 11.1. The molecule has 0 aliphatic heterocycles. The summed E-state index contributed by atoms with van der Waals surface area (Å²) in [5.41, 5.74) is 2.08. The van der Waals surface area contributed by atoms with Crippen molar-refractivity contribution < 1.29 is 14.3 Å². The van der Waals surface area contributed by atoms with Gasteiger partial charge in [0.1, 0.15) is 5.75 Å². The molecule has 0 heterocycles. The van der Waals surface area contributed by atoms with Gasteiger partial charge in [-0.25, -0.2) is 0 Å². The number of hydrogen-bond donors (Lipinski definition) is 2. The summed E-state index contributed by atoms with van der Waals surface area (Å²) in [5.74, 6) is 0.0647. The molecular weight excluding hydrogens is 292 g/mol. The first-order valence-electron chi connectivity index (χ1n) is 7.46. The largest absolute Gasteiger partial charge is 0.484 e. The van der Waals surface area contributed by atoms with E-state index in [1.807, 2.05) is 24.3 Å². The fourth-order valence-electron chi connectivity index (χ4n) is 2.08. The van der Waals surface area contributed by atoms with Crippen molar-refractivity contribution in [2.75, 3.05) is 19.0 Å². The second-order valence-electron chi connectivity index (χ2n) is 4.96. The highest BCUT2D eigenvalue weighted by Crippen LogP contribution is 2.15. The first kappa shape index (κ1) is 16.5. The van der Waals surface area contributed by atoms with Crippen molar-refractivity contribution in [3.63, 3.8) is 0 Å². The molecule has 5 nitrogen and oxygen atoms in total. The van der Waals surface area contributed by atoms with E-state index in [-0.39, 0.29) is 18.4 Å². The van der Waals surface area contributed by atoms with Gasteiger partial charge in [0.25, 0.3) is 11.8 Å². The van der Waals surface area contributed by atoms with E-state index < -0.39 is 0 Å². The molecule has 0 aliphatic rings. The number of hydrogen-bond acceptors (Lipinski definition) is 3. The summed E-state index contributed by atoms with van der Waals surface area (Å²) in [7, 11) is 1.55. The Morgan fingerprint density at radius 3 is 2.39 bits per heavy atom. The Morgan fingerprint density at radius 1 is 1.04 bits per heavy atom. The molecule has 2 aromatic rings. The highest BCUT2D eigenvalue weighted by atomic mass is 16.5. The van der Waals surface area contributed by atoms with Crippen molar-refractivity contribution in [1.82, 2.24) is 5.32 Å². The number of para-hydroxylation sites is 1. The highest BCUT2D eigenvalue weighted by molar-refractivity contribution is 6.03. The molecule has 0 fully saturated rings. The van der Waals surface area contributed by atoms with Crippen LogP contribution in [0.5, 0.6) is 5.75 Å². The van der Waals surface area contributed by atoms with Crippen molar-refractivity contribution in [3.05, 3.63) is 59.7 Å². The molecular formula is C18H20N2O3. The molecule has 0 atom stereocenters. The van der Waals surface area contributed by atoms with Crippen LogP contribution in [0.25, 0.3) is 0 Å². The van der Waals surface area contributed by atoms with E-state index in [0.29, 0.717) is 17.0 Å². The van der Waals surface area contributed by atoms with Crippen molar-refractivity contribution in [3.8, 4) is 5.75 Å². The van der Waals surface area contributed by atoms with E-state index in [9.17, 15) is 9.59 Å². The average molecular weight is 312 g/mol. The van der Waals surface area contributed by atoms with Crippen LogP contribution < -0.4 is 15.4 Å². The van der Waals surface area contributed by atoms with Crippen LogP contribution in [0.1, 0.15) is 22.8 Å². The SMILES string of the molecule is CCc1ccc(OCC(=O)Nc2ccccc2C(=O)NC)cc1. The second kappa shape index (κ2) is 7.98. The third-order valence-electron chi connectivity index (χ3n) is 3.37. The second-order valence-corrected chi connectivity index (χ2v) is 4.96. The van der Waals surface area contributed by atoms with E-state index in [2.05, 4.69) is 17.6 Å². The molecule has 2 amide bonds. The van der Waals surface area contributed by atoms with Crippen LogP contribution in [-0.4, -0.2) is 25.5 Å². The van der Waals surface area contributed by atoms with Crippen LogP contribution >= 0.6 is 0 Å². The predicted molar refractivity (Wildman–Crippen MR) is 89.8 cm³/mol. The summed E-state index contributed by atoms with van der Waals surface area (Å²) in [6.07, 6.45) is 0.955. The fourth-order valence-corrected chi connectivity index (χ4v) is 2.08. The van der Waals surface area contributed by atoms with Gasteiger partial charge in [0, 0.05) is 7.05 Å². The Balaban J connectivity index is 1.95. The van der Waals surface area contributed by atoms with Crippen molar-refractivity contribution in [2.45, 2.75) is 13.3 Å². The molecule has 2 N–H and O–H groups in total. The van der Waals surface area contributed by atoms with Gasteiger partial charge in [0.15, 0.2) is 6.61 Å². The lowest BCUT2D eigenvalue weighted by molar-refractivity contribution is -0.118. The number of nitrogens with one attached hydrogen (secondary N) is 2. The molecule has 0 spiro atoms. The van der Waals surface area contributed by atoms with Gasteiger partial charge in [0.2, 0.25) is 0 Å². The van der Waals surface area contributed by atoms with Crippen LogP contribution in [-0.2, 0) is 11.2 Å². The van der Waals surface area contributed by atoms with Crippen LogP contribution in [0.2, 0.25) is 0 Å². The molecule has 2 aromatic carbocycles. The van der Waals surface area contributed by atoms with Crippen LogP contribution in [0.3, 0.4) is 0 Å². The minimum absolute atomic E-state index is 0.118. The predicted octanol–water partition coefficient (Wildman–Crippen LogP) is 2.63. The molecule has 0 bridgehead atoms. The van der Waals surface area contributed by atoms with E-state index in [1.54, 1.807) is 31.3 Å². The normalized spacial score (nSPS) is 10.0. The molecule has 0 saturated heterocycles. The topological polar surface area (TPSA) is 67.4 Å². The van der Waals surface area contributed by atoms with Crippen molar-refractivity contribution in [1.29, 1.82) is 0 Å². The van der Waals surface area contributed by atoms with E-state index in [1.165, 1.54) is 5.56 Å². The summed E-state index contributed by atoms with van der Waals surface area (Å²) in [4.78, 5) is 23.8. The third-order valence-corrected chi connectivity index (χ3v) is 3.37. The zero-order valence-corrected chi connectivity index (χ0v) is 13.3. The number of amides is 2. The number of aryl methyl sites for hydroxylation is 1. The number of benzene rings is 2. The summed E-state index contributed by atoms with van der Waals surface area (Å²) in [6.45, 7) is 1.96. The fraction of sp³-hybridized carbons (Fsp3) is 0.222. The van der Waals surface area contributed by atoms with Gasteiger partial charge in [-0.05, 0) is 36.2 Å². The third kappa shape index (κ3) is 4.57. The van der Waals surface area contributed by atoms with Gasteiger partial charge in [0.05, 0.1) is 11.3 Å². The maximum Gasteiger partial charge on any atom is 0.262 e. The van der Waals surface area contributed by atoms with Gasteiger partial charge in [-0.3, -0.25) is 9.59 Å². The van der Waals surface area contributed by atoms with Gasteiger partial charge < -0.3 is 15.4 Å². The molecule has 2 rings (SSSR count). The minimum Gasteiger partial charge on any atom is -0.484 e.